The largest absolute Gasteiger partial charge is 0.489 e. The topological polar surface area (TPSA) is 33.6 Å². The lowest BCUT2D eigenvalue weighted by atomic mass is 10.1. The first-order chi connectivity index (χ1) is 12.6. The fourth-order valence-electron chi connectivity index (χ4n) is 2.58. The molecule has 3 aromatic rings. The monoisotopic (exact) mass is 344 g/mol. The van der Waals surface area contributed by atoms with Gasteiger partial charge in [-0.15, -0.1) is 0 Å². The molecule has 0 atom stereocenters. The normalized spacial score (nSPS) is 10.9. The van der Waals surface area contributed by atoms with Gasteiger partial charge >= 0.3 is 0 Å². The first kappa shape index (κ1) is 17.7. The van der Waals surface area contributed by atoms with Gasteiger partial charge in [-0.1, -0.05) is 41.5 Å². The smallest absolute Gasteiger partial charge is 0.119 e. The van der Waals surface area contributed by atoms with Crippen LogP contribution in [0.5, 0.6) is 5.75 Å². The van der Waals surface area contributed by atoms with Crippen LogP contribution in [0.25, 0.3) is 0 Å². The molecule has 0 saturated carbocycles. The van der Waals surface area contributed by atoms with Crippen molar-refractivity contribution in [2.75, 3.05) is 5.43 Å². The Morgan fingerprint density at radius 2 is 1.54 bits per heavy atom. The zero-order valence-electron chi connectivity index (χ0n) is 15.5. The Hall–Kier alpha value is -3.07. The summed E-state index contributed by atoms with van der Waals surface area (Å²) in [6.45, 7) is 6.85. The van der Waals surface area contributed by atoms with E-state index in [4.69, 9.17) is 4.74 Å². The third-order valence-electron chi connectivity index (χ3n) is 4.24. The van der Waals surface area contributed by atoms with Crippen molar-refractivity contribution in [2.45, 2.75) is 27.4 Å². The summed E-state index contributed by atoms with van der Waals surface area (Å²) in [5, 5.41) is 4.27. The molecule has 0 bridgehead atoms. The van der Waals surface area contributed by atoms with Crippen molar-refractivity contribution in [1.82, 2.24) is 0 Å². The van der Waals surface area contributed by atoms with E-state index < -0.39 is 0 Å². The fourth-order valence-corrected chi connectivity index (χ4v) is 2.58. The summed E-state index contributed by atoms with van der Waals surface area (Å²) < 4.78 is 5.91. The maximum Gasteiger partial charge on any atom is 0.119 e. The molecule has 132 valence electrons. The molecule has 0 spiro atoms. The van der Waals surface area contributed by atoms with Crippen LogP contribution in [-0.2, 0) is 6.61 Å². The van der Waals surface area contributed by atoms with Crippen LogP contribution in [0.4, 0.5) is 5.69 Å². The summed E-state index contributed by atoms with van der Waals surface area (Å²) >= 11 is 0. The van der Waals surface area contributed by atoms with Crippen LogP contribution < -0.4 is 10.2 Å². The summed E-state index contributed by atoms with van der Waals surface area (Å²) in [5.74, 6) is 0.856. The predicted molar refractivity (Wildman–Crippen MR) is 109 cm³/mol. The number of benzene rings is 3. The summed E-state index contributed by atoms with van der Waals surface area (Å²) in [4.78, 5) is 0. The van der Waals surface area contributed by atoms with Gasteiger partial charge in [-0.3, -0.25) is 5.43 Å². The number of ether oxygens (including phenoxy) is 1. The highest BCUT2D eigenvalue weighted by molar-refractivity contribution is 5.80. The first-order valence-corrected chi connectivity index (χ1v) is 8.75. The molecule has 0 saturated heterocycles. The van der Waals surface area contributed by atoms with Crippen LogP contribution in [0.1, 0.15) is 27.8 Å². The number of hydrogen-bond acceptors (Lipinski definition) is 3. The Bertz CT molecular complexity index is 881. The van der Waals surface area contributed by atoms with Gasteiger partial charge in [0, 0.05) is 0 Å². The molecule has 1 N–H and O–H groups in total. The molecule has 0 unspecified atom stereocenters. The minimum atomic E-state index is 0.579. The highest BCUT2D eigenvalue weighted by atomic mass is 16.5. The predicted octanol–water partition coefficient (Wildman–Crippen LogP) is 5.64. The van der Waals surface area contributed by atoms with E-state index in [1.54, 1.807) is 6.21 Å². The van der Waals surface area contributed by atoms with E-state index in [9.17, 15) is 0 Å². The Kier molecular flexibility index (Phi) is 5.69. The van der Waals surface area contributed by atoms with Crippen molar-refractivity contribution in [1.29, 1.82) is 0 Å². The van der Waals surface area contributed by atoms with Crippen LogP contribution in [0.3, 0.4) is 0 Å². The van der Waals surface area contributed by atoms with E-state index in [1.807, 2.05) is 36.4 Å². The van der Waals surface area contributed by atoms with Gasteiger partial charge in [-0.2, -0.15) is 5.10 Å². The molecule has 3 aromatic carbocycles. The summed E-state index contributed by atoms with van der Waals surface area (Å²) in [5.41, 5.74) is 9.98. The third kappa shape index (κ3) is 4.96. The summed E-state index contributed by atoms with van der Waals surface area (Å²) in [6.07, 6.45) is 1.80. The molecule has 3 heteroatoms. The molecular weight excluding hydrogens is 320 g/mol. The lowest BCUT2D eigenvalue weighted by molar-refractivity contribution is 0.305. The van der Waals surface area contributed by atoms with Gasteiger partial charge in [-0.05, 0) is 73.9 Å². The number of hydrogen-bond donors (Lipinski definition) is 1. The molecule has 0 heterocycles. The van der Waals surface area contributed by atoms with E-state index in [-0.39, 0.29) is 0 Å². The zero-order valence-corrected chi connectivity index (χ0v) is 15.5. The molecular formula is C23H24N2O. The van der Waals surface area contributed by atoms with Crippen molar-refractivity contribution in [3.63, 3.8) is 0 Å². The molecule has 0 aromatic heterocycles. The van der Waals surface area contributed by atoms with Gasteiger partial charge in [0.2, 0.25) is 0 Å². The second kappa shape index (κ2) is 8.34. The molecule has 3 nitrogen and oxygen atoms in total. The lowest BCUT2D eigenvalue weighted by Crippen LogP contribution is -1.98. The maximum atomic E-state index is 5.91. The van der Waals surface area contributed by atoms with E-state index in [0.717, 1.165) is 17.0 Å². The average Bonchev–Trinajstić information content (AvgIpc) is 2.65. The number of aryl methyl sites for hydroxylation is 3. The van der Waals surface area contributed by atoms with Crippen molar-refractivity contribution in [3.05, 3.63) is 94.5 Å². The zero-order chi connectivity index (χ0) is 18.4. The Labute approximate surface area is 155 Å². The van der Waals surface area contributed by atoms with Crippen molar-refractivity contribution < 1.29 is 4.74 Å². The van der Waals surface area contributed by atoms with Crippen LogP contribution in [0, 0.1) is 20.8 Å². The average molecular weight is 344 g/mol. The Morgan fingerprint density at radius 3 is 2.27 bits per heavy atom. The van der Waals surface area contributed by atoms with Crippen LogP contribution in [0.2, 0.25) is 0 Å². The molecule has 0 fully saturated rings. The molecule has 0 aliphatic rings. The van der Waals surface area contributed by atoms with E-state index in [2.05, 4.69) is 61.6 Å². The molecule has 26 heavy (non-hydrogen) atoms. The fraction of sp³-hybridized carbons (Fsp3) is 0.174. The summed E-state index contributed by atoms with van der Waals surface area (Å²) in [7, 11) is 0. The standard InChI is InChI=1S/C23H24N2O/c1-17-5-10-22(11-6-17)25-24-15-20-8-12-23(13-9-20)26-16-21-14-18(2)4-7-19(21)3/h4-15,25H,16H2,1-3H3. The number of anilines is 1. The highest BCUT2D eigenvalue weighted by Crippen LogP contribution is 2.16. The number of rotatable bonds is 6. The van der Waals surface area contributed by atoms with Gasteiger partial charge in [0.15, 0.2) is 0 Å². The first-order valence-electron chi connectivity index (χ1n) is 8.75. The summed E-state index contributed by atoms with van der Waals surface area (Å²) in [6, 6.07) is 22.5. The SMILES string of the molecule is Cc1ccc(NN=Cc2ccc(OCc3cc(C)ccc3C)cc2)cc1. The number of nitrogens with one attached hydrogen (secondary N) is 1. The minimum absolute atomic E-state index is 0.579. The molecule has 3 rings (SSSR count). The molecule has 0 amide bonds. The van der Waals surface area contributed by atoms with E-state index in [0.29, 0.717) is 6.61 Å². The van der Waals surface area contributed by atoms with Gasteiger partial charge in [0.1, 0.15) is 12.4 Å². The molecule has 0 aliphatic carbocycles. The minimum Gasteiger partial charge on any atom is -0.489 e. The third-order valence-corrected chi connectivity index (χ3v) is 4.24. The quantitative estimate of drug-likeness (QED) is 0.464. The van der Waals surface area contributed by atoms with Crippen LogP contribution in [0.15, 0.2) is 71.8 Å². The van der Waals surface area contributed by atoms with Gasteiger partial charge in [0.05, 0.1) is 11.9 Å². The van der Waals surface area contributed by atoms with Crippen LogP contribution in [-0.4, -0.2) is 6.21 Å². The molecule has 0 aliphatic heterocycles. The number of hydrazone groups is 1. The second-order valence-electron chi connectivity index (χ2n) is 6.52. The number of nitrogens with zero attached hydrogens (tertiary/aromatic N) is 1. The molecule has 0 radical (unpaired) electrons. The van der Waals surface area contributed by atoms with Crippen molar-refractivity contribution >= 4 is 11.9 Å². The van der Waals surface area contributed by atoms with Crippen molar-refractivity contribution in [2.24, 2.45) is 5.10 Å². The lowest BCUT2D eigenvalue weighted by Gasteiger charge is -2.10. The van der Waals surface area contributed by atoms with Crippen LogP contribution >= 0.6 is 0 Å². The Morgan fingerprint density at radius 1 is 0.846 bits per heavy atom. The highest BCUT2D eigenvalue weighted by Gasteiger charge is 2.01. The maximum absolute atomic E-state index is 5.91. The van der Waals surface area contributed by atoms with Gasteiger partial charge in [-0.25, -0.2) is 0 Å². The second-order valence-corrected chi connectivity index (χ2v) is 6.52. The van der Waals surface area contributed by atoms with E-state index in [1.165, 1.54) is 22.3 Å². The van der Waals surface area contributed by atoms with E-state index >= 15 is 0 Å². The van der Waals surface area contributed by atoms with Gasteiger partial charge < -0.3 is 4.74 Å². The van der Waals surface area contributed by atoms with Gasteiger partial charge in [0.25, 0.3) is 0 Å². The Balaban J connectivity index is 1.55. The van der Waals surface area contributed by atoms with Crippen molar-refractivity contribution in [3.8, 4) is 5.75 Å².